The number of rotatable bonds is 6. The van der Waals surface area contributed by atoms with Crippen LogP contribution < -0.4 is 16.4 Å². The van der Waals surface area contributed by atoms with Crippen LogP contribution in [0.3, 0.4) is 0 Å². The average Bonchev–Trinajstić information content (AvgIpc) is 2.78. The van der Waals surface area contributed by atoms with Crippen molar-refractivity contribution in [2.45, 2.75) is 41.8 Å². The van der Waals surface area contributed by atoms with Gasteiger partial charge in [-0.15, -0.1) is 0 Å². The molecule has 1 fully saturated rings. The van der Waals surface area contributed by atoms with Crippen LogP contribution >= 0.6 is 11.8 Å². The monoisotopic (exact) mass is 481 g/mol. The van der Waals surface area contributed by atoms with Gasteiger partial charge in [0.25, 0.3) is 0 Å². The van der Waals surface area contributed by atoms with E-state index >= 15 is 0 Å². The number of alkyl halides is 3. The zero-order valence-corrected chi connectivity index (χ0v) is 19.0. The van der Waals surface area contributed by atoms with Gasteiger partial charge >= 0.3 is 12.1 Å². The standard InChI is InChI=1S/C22H26F3N5O2S/c1-2-32-21(31)13-9-18-20(27-12-13)29-19-16(10-14(22(23,24)25)11-17(19)33-18)28-15-3-6-30(7-4-15)8-5-26/h9-12,15,28H,2-8,26H2,1H3,(H,27,29). The number of likely N-dealkylation sites (tertiary alicyclic amines) is 1. The second-order valence-corrected chi connectivity index (χ2v) is 9.05. The molecule has 33 heavy (non-hydrogen) atoms. The molecule has 1 aromatic carbocycles. The molecule has 4 rings (SSSR count). The number of halogens is 3. The Morgan fingerprint density at radius 1 is 1.30 bits per heavy atom. The Morgan fingerprint density at radius 2 is 2.06 bits per heavy atom. The van der Waals surface area contributed by atoms with Crippen LogP contribution in [0.1, 0.15) is 35.7 Å². The van der Waals surface area contributed by atoms with Gasteiger partial charge in [-0.05, 0) is 38.0 Å². The summed E-state index contributed by atoms with van der Waals surface area (Å²) in [4.78, 5) is 19.6. The molecule has 0 spiro atoms. The van der Waals surface area contributed by atoms with Crippen molar-refractivity contribution in [1.82, 2.24) is 9.88 Å². The van der Waals surface area contributed by atoms with Crippen molar-refractivity contribution in [3.63, 3.8) is 0 Å². The zero-order chi connectivity index (χ0) is 23.6. The molecule has 0 aliphatic carbocycles. The van der Waals surface area contributed by atoms with E-state index in [2.05, 4.69) is 20.5 Å². The van der Waals surface area contributed by atoms with Crippen LogP contribution in [0.25, 0.3) is 0 Å². The minimum absolute atomic E-state index is 0.0546. The maximum Gasteiger partial charge on any atom is 0.416 e. The first-order valence-corrected chi connectivity index (χ1v) is 11.7. The van der Waals surface area contributed by atoms with Crippen molar-refractivity contribution in [3.05, 3.63) is 35.5 Å². The van der Waals surface area contributed by atoms with Crippen molar-refractivity contribution in [3.8, 4) is 0 Å². The third-order valence-corrected chi connectivity index (χ3v) is 6.72. The number of pyridine rings is 1. The van der Waals surface area contributed by atoms with Gasteiger partial charge < -0.3 is 26.0 Å². The predicted octanol–water partition coefficient (Wildman–Crippen LogP) is 4.32. The van der Waals surface area contributed by atoms with Crippen LogP contribution in [0.2, 0.25) is 0 Å². The number of piperidine rings is 1. The number of carbonyl (C=O) groups excluding carboxylic acids is 1. The average molecular weight is 482 g/mol. The SMILES string of the molecule is CCOC(=O)c1cnc2c(c1)Sc1cc(C(F)(F)F)cc(NC3CCN(CCN)CC3)c1N2. The number of nitrogens with zero attached hydrogens (tertiary/aromatic N) is 2. The summed E-state index contributed by atoms with van der Waals surface area (Å²) in [5.74, 6) is -0.0345. The van der Waals surface area contributed by atoms with E-state index in [0.29, 0.717) is 33.5 Å². The van der Waals surface area contributed by atoms with Crippen LogP contribution in [-0.4, -0.2) is 54.7 Å². The Balaban J connectivity index is 1.62. The number of esters is 1. The number of carbonyl (C=O) groups is 1. The molecule has 0 atom stereocenters. The molecule has 4 N–H and O–H groups in total. The maximum absolute atomic E-state index is 13.7. The van der Waals surface area contributed by atoms with E-state index in [1.807, 2.05) is 0 Å². The molecule has 178 valence electrons. The Morgan fingerprint density at radius 3 is 2.73 bits per heavy atom. The van der Waals surface area contributed by atoms with Gasteiger partial charge in [0, 0.05) is 43.3 Å². The number of anilines is 3. The molecule has 0 saturated carbocycles. The Kier molecular flexibility index (Phi) is 7.01. The van der Waals surface area contributed by atoms with E-state index in [4.69, 9.17) is 10.5 Å². The largest absolute Gasteiger partial charge is 0.462 e. The molecule has 7 nitrogen and oxygen atoms in total. The van der Waals surface area contributed by atoms with Gasteiger partial charge in [-0.3, -0.25) is 0 Å². The summed E-state index contributed by atoms with van der Waals surface area (Å²) < 4.78 is 46.0. The highest BCUT2D eigenvalue weighted by Crippen LogP contribution is 2.49. The summed E-state index contributed by atoms with van der Waals surface area (Å²) in [6.45, 7) is 5.02. The van der Waals surface area contributed by atoms with Gasteiger partial charge in [0.15, 0.2) is 0 Å². The first-order valence-electron chi connectivity index (χ1n) is 10.8. The Bertz CT molecular complexity index is 1030. The lowest BCUT2D eigenvalue weighted by Crippen LogP contribution is -2.41. The van der Waals surface area contributed by atoms with Crippen LogP contribution in [0, 0.1) is 0 Å². The Hall–Kier alpha value is -2.50. The molecule has 0 unspecified atom stereocenters. The molecule has 0 amide bonds. The first kappa shape index (κ1) is 23.7. The van der Waals surface area contributed by atoms with Gasteiger partial charge in [-0.25, -0.2) is 9.78 Å². The summed E-state index contributed by atoms with van der Waals surface area (Å²) in [6, 6.07) is 3.92. The maximum atomic E-state index is 13.7. The van der Waals surface area contributed by atoms with Crippen LogP contribution in [0.15, 0.2) is 34.2 Å². The fourth-order valence-corrected chi connectivity index (χ4v) is 5.06. The number of nitrogens with one attached hydrogen (secondary N) is 2. The van der Waals surface area contributed by atoms with Crippen LogP contribution in [-0.2, 0) is 10.9 Å². The molecule has 11 heteroatoms. The first-order chi connectivity index (χ1) is 15.8. The molecule has 1 saturated heterocycles. The predicted molar refractivity (Wildman–Crippen MR) is 121 cm³/mol. The lowest BCUT2D eigenvalue weighted by Gasteiger charge is -2.33. The topological polar surface area (TPSA) is 92.5 Å². The number of ether oxygens (including phenoxy) is 1. The van der Waals surface area contributed by atoms with Gasteiger partial charge in [0.2, 0.25) is 0 Å². The summed E-state index contributed by atoms with van der Waals surface area (Å²) in [6.07, 6.45) is -1.45. The second-order valence-electron chi connectivity index (χ2n) is 7.96. The van der Waals surface area contributed by atoms with Crippen molar-refractivity contribution in [2.75, 3.05) is 43.4 Å². The molecule has 1 aromatic heterocycles. The van der Waals surface area contributed by atoms with E-state index in [0.717, 1.165) is 56.4 Å². The third kappa shape index (κ3) is 5.36. The fourth-order valence-electron chi connectivity index (χ4n) is 3.98. The lowest BCUT2D eigenvalue weighted by molar-refractivity contribution is -0.137. The molecule has 0 radical (unpaired) electrons. The highest BCUT2D eigenvalue weighted by atomic mass is 32.2. The highest BCUT2D eigenvalue weighted by Gasteiger charge is 2.34. The minimum atomic E-state index is -4.48. The number of hydrogen-bond acceptors (Lipinski definition) is 8. The van der Waals surface area contributed by atoms with E-state index < -0.39 is 17.7 Å². The minimum Gasteiger partial charge on any atom is -0.462 e. The zero-order valence-electron chi connectivity index (χ0n) is 18.2. The van der Waals surface area contributed by atoms with Gasteiger partial charge in [0.1, 0.15) is 5.82 Å². The van der Waals surface area contributed by atoms with E-state index in [-0.39, 0.29) is 18.2 Å². The number of hydrogen-bond donors (Lipinski definition) is 3. The molecule has 2 aromatic rings. The van der Waals surface area contributed by atoms with E-state index in [9.17, 15) is 18.0 Å². The summed E-state index contributed by atoms with van der Waals surface area (Å²) in [5, 5.41) is 6.49. The summed E-state index contributed by atoms with van der Waals surface area (Å²) in [7, 11) is 0. The van der Waals surface area contributed by atoms with Crippen LogP contribution in [0.5, 0.6) is 0 Å². The van der Waals surface area contributed by atoms with Crippen molar-refractivity contribution in [2.24, 2.45) is 5.73 Å². The smallest absolute Gasteiger partial charge is 0.416 e. The van der Waals surface area contributed by atoms with Crippen molar-refractivity contribution in [1.29, 1.82) is 0 Å². The van der Waals surface area contributed by atoms with E-state index in [1.54, 1.807) is 13.0 Å². The van der Waals surface area contributed by atoms with E-state index in [1.165, 1.54) is 6.20 Å². The number of aromatic nitrogens is 1. The molecule has 0 bridgehead atoms. The molecule has 2 aliphatic heterocycles. The van der Waals surface area contributed by atoms with Gasteiger partial charge in [-0.1, -0.05) is 11.8 Å². The van der Waals surface area contributed by atoms with Gasteiger partial charge in [-0.2, -0.15) is 13.2 Å². The molecule has 2 aliphatic rings. The van der Waals surface area contributed by atoms with Crippen LogP contribution in [0.4, 0.5) is 30.4 Å². The highest BCUT2D eigenvalue weighted by molar-refractivity contribution is 7.99. The number of nitrogens with two attached hydrogens (primary N) is 1. The van der Waals surface area contributed by atoms with Crippen molar-refractivity contribution >= 4 is 34.9 Å². The summed E-state index contributed by atoms with van der Waals surface area (Å²) in [5.41, 5.74) is 6.10. The summed E-state index contributed by atoms with van der Waals surface area (Å²) >= 11 is 1.15. The quantitative estimate of drug-likeness (QED) is 0.449. The fraction of sp³-hybridized carbons (Fsp3) is 0.455. The molecular formula is C22H26F3N5O2S. The third-order valence-electron chi connectivity index (χ3n) is 5.65. The normalized spacial score (nSPS) is 16.5. The van der Waals surface area contributed by atoms with Crippen molar-refractivity contribution < 1.29 is 22.7 Å². The number of benzene rings is 1. The van der Waals surface area contributed by atoms with Gasteiger partial charge in [0.05, 0.1) is 34.0 Å². The Labute approximate surface area is 194 Å². The number of fused-ring (bicyclic) bond motifs is 2. The molecule has 3 heterocycles. The molecular weight excluding hydrogens is 455 g/mol. The second kappa shape index (κ2) is 9.78. The lowest BCUT2D eigenvalue weighted by atomic mass is 10.0.